The fraction of sp³-hybridized carbons (Fsp3) is 0.455. The molecule has 4 N–H and O–H groups in total. The van der Waals surface area contributed by atoms with Gasteiger partial charge in [0.1, 0.15) is 5.75 Å². The Labute approximate surface area is 170 Å². The van der Waals surface area contributed by atoms with Gasteiger partial charge in [0.25, 0.3) is 11.8 Å². The molecule has 7 heteroatoms. The van der Waals surface area contributed by atoms with E-state index in [1.807, 2.05) is 0 Å². The van der Waals surface area contributed by atoms with E-state index in [2.05, 4.69) is 10.6 Å². The van der Waals surface area contributed by atoms with Crippen LogP contribution in [0.15, 0.2) is 47.1 Å². The maximum absolute atomic E-state index is 12.5. The molecule has 2 aliphatic rings. The highest BCUT2D eigenvalue weighted by Gasteiger charge is 2.39. The summed E-state index contributed by atoms with van der Waals surface area (Å²) in [4.78, 5) is 24.5. The quantitative estimate of drug-likeness (QED) is 0.695. The lowest BCUT2D eigenvalue weighted by Crippen LogP contribution is -2.54. The lowest BCUT2D eigenvalue weighted by Gasteiger charge is -2.45. The van der Waals surface area contributed by atoms with Gasteiger partial charge in [-0.2, -0.15) is 0 Å². The molecule has 2 bridgehead atoms. The smallest absolute Gasteiger partial charge is 0.291 e. The number of furan rings is 1. The summed E-state index contributed by atoms with van der Waals surface area (Å²) in [5.74, 6) is 1.24. The molecule has 2 atom stereocenters. The van der Waals surface area contributed by atoms with E-state index in [0.29, 0.717) is 23.3 Å². The van der Waals surface area contributed by atoms with Gasteiger partial charge in [-0.1, -0.05) is 12.5 Å². The van der Waals surface area contributed by atoms with Crippen LogP contribution in [-0.2, 0) is 4.79 Å². The van der Waals surface area contributed by atoms with Crippen LogP contribution in [0.4, 0.5) is 5.69 Å². The van der Waals surface area contributed by atoms with Crippen LogP contribution in [0, 0.1) is 11.8 Å². The van der Waals surface area contributed by atoms with E-state index in [1.165, 1.54) is 12.7 Å². The monoisotopic (exact) mass is 397 g/mol. The molecule has 1 aromatic carbocycles. The Kier molecular flexibility index (Phi) is 5.85. The van der Waals surface area contributed by atoms with Gasteiger partial charge in [0.15, 0.2) is 12.4 Å². The van der Waals surface area contributed by atoms with Gasteiger partial charge in [-0.3, -0.25) is 9.59 Å². The van der Waals surface area contributed by atoms with Crippen LogP contribution in [0.2, 0.25) is 0 Å². The van der Waals surface area contributed by atoms with Crippen molar-refractivity contribution in [2.45, 2.75) is 44.2 Å². The lowest BCUT2D eigenvalue weighted by molar-refractivity contribution is -0.125. The molecule has 2 unspecified atom stereocenters. The Morgan fingerprint density at radius 2 is 1.93 bits per heavy atom. The Balaban J connectivity index is 1.30. The second-order valence-corrected chi connectivity index (χ2v) is 8.02. The third-order valence-electron chi connectivity index (χ3n) is 5.91. The summed E-state index contributed by atoms with van der Waals surface area (Å²) in [5, 5.41) is 5.92. The number of nitrogens with one attached hydrogen (secondary N) is 2. The highest BCUT2D eigenvalue weighted by Crippen LogP contribution is 2.39. The summed E-state index contributed by atoms with van der Waals surface area (Å²) in [6.45, 7) is -0.0580. The van der Waals surface area contributed by atoms with Gasteiger partial charge in [0.2, 0.25) is 0 Å². The van der Waals surface area contributed by atoms with Crippen LogP contribution in [0.1, 0.15) is 42.7 Å². The lowest BCUT2D eigenvalue weighted by atomic mass is 9.67. The van der Waals surface area contributed by atoms with Crippen LogP contribution in [0.3, 0.4) is 0 Å². The molecule has 4 rings (SSSR count). The molecule has 2 fully saturated rings. The van der Waals surface area contributed by atoms with Crippen molar-refractivity contribution in [3.8, 4) is 5.75 Å². The molecule has 1 heterocycles. The van der Waals surface area contributed by atoms with E-state index in [9.17, 15) is 9.59 Å². The predicted molar refractivity (Wildman–Crippen MR) is 109 cm³/mol. The highest BCUT2D eigenvalue weighted by atomic mass is 16.5. The first-order chi connectivity index (χ1) is 14.1. The number of nitrogens with two attached hydrogens (primary N) is 1. The number of benzene rings is 1. The van der Waals surface area contributed by atoms with E-state index < -0.39 is 0 Å². The molecule has 0 saturated heterocycles. The van der Waals surface area contributed by atoms with Crippen molar-refractivity contribution >= 4 is 17.5 Å². The van der Waals surface area contributed by atoms with E-state index in [-0.39, 0.29) is 36.3 Å². The van der Waals surface area contributed by atoms with Crippen molar-refractivity contribution in [1.82, 2.24) is 5.32 Å². The van der Waals surface area contributed by atoms with Crippen LogP contribution in [0.25, 0.3) is 0 Å². The van der Waals surface area contributed by atoms with Crippen molar-refractivity contribution in [2.75, 3.05) is 11.9 Å². The molecule has 154 valence electrons. The van der Waals surface area contributed by atoms with Gasteiger partial charge in [0, 0.05) is 23.8 Å². The first kappa shape index (κ1) is 19.5. The molecular weight excluding hydrogens is 370 g/mol. The van der Waals surface area contributed by atoms with E-state index in [0.717, 1.165) is 25.7 Å². The molecule has 0 radical (unpaired) electrons. The van der Waals surface area contributed by atoms with Crippen LogP contribution >= 0.6 is 0 Å². The average molecular weight is 397 g/mol. The van der Waals surface area contributed by atoms with E-state index in [1.54, 1.807) is 36.4 Å². The average Bonchev–Trinajstić information content (AvgIpc) is 3.22. The fourth-order valence-corrected chi connectivity index (χ4v) is 4.67. The molecule has 0 spiro atoms. The predicted octanol–water partition coefficient (Wildman–Crippen LogP) is 2.93. The second kappa shape index (κ2) is 8.69. The number of carbonyl (C=O) groups excluding carboxylic acids is 2. The van der Waals surface area contributed by atoms with Crippen LogP contribution < -0.4 is 21.1 Å². The van der Waals surface area contributed by atoms with Crippen molar-refractivity contribution in [2.24, 2.45) is 17.6 Å². The summed E-state index contributed by atoms with van der Waals surface area (Å²) in [7, 11) is 0. The standard InChI is InChI=1S/C22H27N3O4/c23-16-10-14-4-1-5-15(11-16)21(14)25-20(26)13-29-18-7-2-6-17(12-18)24-22(27)19-8-3-9-28-19/h2-3,6-9,12,14-16,21H,1,4-5,10-11,13,23H2,(H,24,27)(H,25,26). The molecule has 2 amide bonds. The maximum Gasteiger partial charge on any atom is 0.291 e. The molecule has 2 aromatic rings. The number of hydrogen-bond acceptors (Lipinski definition) is 5. The van der Waals surface area contributed by atoms with Crippen molar-refractivity contribution in [3.63, 3.8) is 0 Å². The van der Waals surface area contributed by atoms with Gasteiger partial charge in [-0.05, 0) is 61.8 Å². The number of ether oxygens (including phenoxy) is 1. The summed E-state index contributed by atoms with van der Waals surface area (Å²) in [5.41, 5.74) is 6.73. The number of fused-ring (bicyclic) bond motifs is 2. The number of hydrogen-bond donors (Lipinski definition) is 3. The molecular formula is C22H27N3O4. The Hall–Kier alpha value is -2.80. The highest BCUT2D eigenvalue weighted by molar-refractivity contribution is 6.02. The molecule has 29 heavy (non-hydrogen) atoms. The maximum atomic E-state index is 12.5. The van der Waals surface area contributed by atoms with E-state index in [4.69, 9.17) is 14.9 Å². The third-order valence-corrected chi connectivity index (χ3v) is 5.91. The Morgan fingerprint density at radius 3 is 2.66 bits per heavy atom. The fourth-order valence-electron chi connectivity index (χ4n) is 4.67. The zero-order chi connectivity index (χ0) is 20.2. The number of amides is 2. The van der Waals surface area contributed by atoms with Gasteiger partial charge >= 0.3 is 0 Å². The molecule has 0 aliphatic heterocycles. The minimum Gasteiger partial charge on any atom is -0.484 e. The van der Waals surface area contributed by atoms with Crippen LogP contribution in [-0.4, -0.2) is 30.5 Å². The number of anilines is 1. The summed E-state index contributed by atoms with van der Waals surface area (Å²) >= 11 is 0. The zero-order valence-corrected chi connectivity index (χ0v) is 16.3. The number of carbonyl (C=O) groups is 2. The van der Waals surface area contributed by atoms with Gasteiger partial charge in [-0.25, -0.2) is 0 Å². The van der Waals surface area contributed by atoms with Gasteiger partial charge in [0.05, 0.1) is 6.26 Å². The largest absolute Gasteiger partial charge is 0.484 e. The minimum atomic E-state index is -0.341. The van der Waals surface area contributed by atoms with Crippen LogP contribution in [0.5, 0.6) is 5.75 Å². The van der Waals surface area contributed by atoms with E-state index >= 15 is 0 Å². The summed E-state index contributed by atoms with van der Waals surface area (Å²) in [6, 6.07) is 10.7. The molecule has 1 aromatic heterocycles. The molecule has 2 saturated carbocycles. The normalized spacial score (nSPS) is 25.8. The Morgan fingerprint density at radius 1 is 1.14 bits per heavy atom. The number of rotatable bonds is 6. The summed E-state index contributed by atoms with van der Waals surface area (Å²) < 4.78 is 10.7. The first-order valence-electron chi connectivity index (χ1n) is 10.2. The second-order valence-electron chi connectivity index (χ2n) is 8.02. The molecule has 2 aliphatic carbocycles. The van der Waals surface area contributed by atoms with Gasteiger partial charge in [-0.15, -0.1) is 0 Å². The first-order valence-corrected chi connectivity index (χ1v) is 10.2. The van der Waals surface area contributed by atoms with Crippen molar-refractivity contribution in [1.29, 1.82) is 0 Å². The third kappa shape index (κ3) is 4.79. The Bertz CT molecular complexity index is 838. The van der Waals surface area contributed by atoms with Gasteiger partial charge < -0.3 is 25.5 Å². The minimum absolute atomic E-state index is 0.0580. The molecule has 7 nitrogen and oxygen atoms in total. The SMILES string of the molecule is NC1CC2CCCC(C1)C2NC(=O)COc1cccc(NC(=O)c2ccco2)c1. The summed E-state index contributed by atoms with van der Waals surface area (Å²) in [6.07, 6.45) is 6.91. The van der Waals surface area contributed by atoms with Crippen molar-refractivity contribution < 1.29 is 18.7 Å². The van der Waals surface area contributed by atoms with Crippen molar-refractivity contribution in [3.05, 3.63) is 48.4 Å². The topological polar surface area (TPSA) is 107 Å². The zero-order valence-electron chi connectivity index (χ0n) is 16.3.